The molecule has 2 heteroatoms. The molecular weight excluding hydrogens is 192 g/mol. The van der Waals surface area contributed by atoms with Crippen molar-refractivity contribution in [2.75, 3.05) is 0 Å². The summed E-state index contributed by atoms with van der Waals surface area (Å²) in [6.45, 7) is 11.6. The van der Waals surface area contributed by atoms with Crippen LogP contribution in [0.4, 0.5) is 0 Å². The summed E-state index contributed by atoms with van der Waals surface area (Å²) in [4.78, 5) is 12.3. The van der Waals surface area contributed by atoms with Crippen LogP contribution in [0.3, 0.4) is 0 Å². The van der Waals surface area contributed by atoms with Crippen molar-refractivity contribution in [2.45, 2.75) is 11.3 Å². The number of thioether (sulfide) groups is 1. The highest BCUT2D eigenvalue weighted by molar-refractivity contribution is 8.13. The third-order valence-corrected chi connectivity index (χ3v) is 3.19. The Hall–Kier alpha value is -1.28. The van der Waals surface area contributed by atoms with E-state index in [4.69, 9.17) is 0 Å². The molecule has 0 N–H and O–H groups in total. The van der Waals surface area contributed by atoms with Gasteiger partial charge in [-0.3, -0.25) is 4.79 Å². The smallest absolute Gasteiger partial charge is 0.198 e. The highest BCUT2D eigenvalue weighted by Gasteiger charge is 2.18. The molecule has 1 aromatic rings. The third-order valence-electron chi connectivity index (χ3n) is 2.26. The van der Waals surface area contributed by atoms with E-state index in [0.29, 0.717) is 6.42 Å². The van der Waals surface area contributed by atoms with Crippen LogP contribution in [0.1, 0.15) is 12.0 Å². The Labute approximate surface area is 86.8 Å². The lowest BCUT2D eigenvalue weighted by Crippen LogP contribution is -2.23. The molecule has 0 unspecified atom stereocenters. The van der Waals surface area contributed by atoms with Gasteiger partial charge in [-0.15, -0.1) is 0 Å². The zero-order valence-corrected chi connectivity index (χ0v) is 8.62. The van der Waals surface area contributed by atoms with Gasteiger partial charge in [0, 0.05) is 11.3 Å². The molecule has 14 heavy (non-hydrogen) atoms. The van der Waals surface area contributed by atoms with Crippen LogP contribution >= 0.6 is 11.8 Å². The summed E-state index contributed by atoms with van der Waals surface area (Å²) in [5, 5.41) is 1.93. The average Bonchev–Trinajstić information content (AvgIpc) is 2.08. The summed E-state index contributed by atoms with van der Waals surface area (Å²) < 4.78 is 0. The van der Waals surface area contributed by atoms with Crippen molar-refractivity contribution in [3.63, 3.8) is 0 Å². The maximum absolute atomic E-state index is 11.3. The standard InChI is InChI=1S/C12H10OS/c1-7-4-10-9(3)6-12(13)14-11(10)5-8(7)2/h4-5H,1-3,6H2. The Kier molecular flexibility index (Phi) is 2.08. The first-order valence-electron chi connectivity index (χ1n) is 4.28. The monoisotopic (exact) mass is 202 g/mol. The van der Waals surface area contributed by atoms with Crippen LogP contribution in [-0.4, -0.2) is 5.12 Å². The molecule has 0 bridgehead atoms. The number of carbonyl (C=O) groups excluding carboxylic acids is 1. The van der Waals surface area contributed by atoms with E-state index in [-0.39, 0.29) is 5.12 Å². The summed E-state index contributed by atoms with van der Waals surface area (Å²) in [5.74, 6) is 0. The van der Waals surface area contributed by atoms with E-state index >= 15 is 0 Å². The summed E-state index contributed by atoms with van der Waals surface area (Å²) >= 11 is 1.27. The van der Waals surface area contributed by atoms with Crippen LogP contribution < -0.4 is 10.4 Å². The number of allylic oxidation sites excluding steroid dienone is 1. The predicted octanol–water partition coefficient (Wildman–Crippen LogP) is 1.54. The van der Waals surface area contributed by atoms with Gasteiger partial charge in [-0.25, -0.2) is 0 Å². The number of carbonyl (C=O) groups is 1. The van der Waals surface area contributed by atoms with E-state index in [2.05, 4.69) is 19.7 Å². The van der Waals surface area contributed by atoms with Crippen LogP contribution in [0.5, 0.6) is 0 Å². The van der Waals surface area contributed by atoms with E-state index in [9.17, 15) is 4.79 Å². The topological polar surface area (TPSA) is 17.1 Å². The second-order valence-corrected chi connectivity index (χ2v) is 4.47. The van der Waals surface area contributed by atoms with Gasteiger partial charge in [-0.2, -0.15) is 0 Å². The minimum absolute atomic E-state index is 0.152. The number of hydrogen-bond acceptors (Lipinski definition) is 2. The first-order valence-corrected chi connectivity index (χ1v) is 5.10. The molecule has 1 nitrogen and oxygen atoms in total. The highest BCUT2D eigenvalue weighted by atomic mass is 32.2. The first kappa shape index (κ1) is 9.28. The fourth-order valence-corrected chi connectivity index (χ4v) is 2.46. The summed E-state index contributed by atoms with van der Waals surface area (Å²) in [5.41, 5.74) is 1.93. The average molecular weight is 202 g/mol. The molecule has 1 heterocycles. The van der Waals surface area contributed by atoms with Gasteiger partial charge < -0.3 is 0 Å². The van der Waals surface area contributed by atoms with Gasteiger partial charge >= 0.3 is 0 Å². The van der Waals surface area contributed by atoms with E-state index in [1.807, 2.05) is 12.1 Å². The molecule has 2 rings (SSSR count). The molecule has 0 radical (unpaired) electrons. The predicted molar refractivity (Wildman–Crippen MR) is 61.3 cm³/mol. The van der Waals surface area contributed by atoms with Crippen molar-refractivity contribution in [2.24, 2.45) is 0 Å². The molecule has 0 amide bonds. The van der Waals surface area contributed by atoms with Crippen molar-refractivity contribution in [1.29, 1.82) is 0 Å². The first-order chi connectivity index (χ1) is 6.58. The van der Waals surface area contributed by atoms with E-state index in [0.717, 1.165) is 26.5 Å². The van der Waals surface area contributed by atoms with Gasteiger partial charge in [-0.05, 0) is 33.7 Å². The van der Waals surface area contributed by atoms with Gasteiger partial charge in [0.2, 0.25) is 0 Å². The minimum Gasteiger partial charge on any atom is -0.286 e. The van der Waals surface area contributed by atoms with E-state index < -0.39 is 0 Å². The Balaban J connectivity index is 2.72. The summed E-state index contributed by atoms with van der Waals surface area (Å²) in [6.07, 6.45) is 0.438. The molecule has 0 spiro atoms. The molecule has 0 saturated carbocycles. The van der Waals surface area contributed by atoms with E-state index in [1.165, 1.54) is 11.8 Å². The lowest BCUT2D eigenvalue weighted by molar-refractivity contribution is -0.110. The number of rotatable bonds is 0. The van der Waals surface area contributed by atoms with Crippen LogP contribution in [-0.2, 0) is 4.79 Å². The van der Waals surface area contributed by atoms with Gasteiger partial charge in [-0.1, -0.05) is 31.5 Å². The van der Waals surface area contributed by atoms with Crippen molar-refractivity contribution >= 4 is 35.6 Å². The maximum atomic E-state index is 11.3. The largest absolute Gasteiger partial charge is 0.286 e. The molecule has 0 aliphatic carbocycles. The second kappa shape index (κ2) is 3.14. The molecule has 1 aromatic carbocycles. The quantitative estimate of drug-likeness (QED) is 0.635. The molecule has 1 aliphatic rings. The Morgan fingerprint density at radius 3 is 2.50 bits per heavy atom. The Morgan fingerprint density at radius 2 is 1.79 bits per heavy atom. The molecule has 0 fully saturated rings. The molecule has 70 valence electrons. The molecule has 0 atom stereocenters. The lowest BCUT2D eigenvalue weighted by atomic mass is 10.0. The van der Waals surface area contributed by atoms with Crippen molar-refractivity contribution in [3.8, 4) is 0 Å². The summed E-state index contributed by atoms with van der Waals surface area (Å²) in [6, 6.07) is 3.87. The fourth-order valence-electron chi connectivity index (χ4n) is 1.46. The second-order valence-electron chi connectivity index (χ2n) is 3.37. The molecule has 1 aliphatic heterocycles. The van der Waals surface area contributed by atoms with Crippen LogP contribution in [0.15, 0.2) is 23.6 Å². The van der Waals surface area contributed by atoms with Crippen LogP contribution in [0, 0.1) is 0 Å². The van der Waals surface area contributed by atoms with Crippen LogP contribution in [0.2, 0.25) is 0 Å². The SMILES string of the molecule is C=C1CC(=O)Sc2cc(=C)c(=C)cc21. The van der Waals surface area contributed by atoms with Crippen molar-refractivity contribution in [3.05, 3.63) is 34.7 Å². The number of hydrogen-bond donors (Lipinski definition) is 0. The third kappa shape index (κ3) is 1.42. The molecular formula is C12H10OS. The lowest BCUT2D eigenvalue weighted by Gasteiger charge is -2.16. The van der Waals surface area contributed by atoms with Crippen molar-refractivity contribution in [1.82, 2.24) is 0 Å². The van der Waals surface area contributed by atoms with Gasteiger partial charge in [0.15, 0.2) is 5.12 Å². The summed E-state index contributed by atoms with van der Waals surface area (Å²) in [7, 11) is 0. The van der Waals surface area contributed by atoms with Gasteiger partial charge in [0.1, 0.15) is 0 Å². The maximum Gasteiger partial charge on any atom is 0.198 e. The zero-order chi connectivity index (χ0) is 10.3. The molecule has 0 saturated heterocycles. The minimum atomic E-state index is 0.152. The van der Waals surface area contributed by atoms with Crippen LogP contribution in [0.25, 0.3) is 18.7 Å². The van der Waals surface area contributed by atoms with Crippen molar-refractivity contribution < 1.29 is 4.79 Å². The Morgan fingerprint density at radius 1 is 1.14 bits per heavy atom. The van der Waals surface area contributed by atoms with E-state index in [1.54, 1.807) is 0 Å². The number of benzene rings is 1. The Bertz CT molecular complexity index is 528. The molecule has 0 aromatic heterocycles. The number of fused-ring (bicyclic) bond motifs is 1. The fraction of sp³-hybridized carbons (Fsp3) is 0.0833. The zero-order valence-electron chi connectivity index (χ0n) is 7.80. The van der Waals surface area contributed by atoms with Gasteiger partial charge in [0.05, 0.1) is 0 Å². The van der Waals surface area contributed by atoms with Gasteiger partial charge in [0.25, 0.3) is 0 Å². The highest BCUT2D eigenvalue weighted by Crippen LogP contribution is 2.35. The normalized spacial score (nSPS) is 15.4.